The minimum absolute atomic E-state index is 0.0414. The first kappa shape index (κ1) is 8.58. The first-order chi connectivity index (χ1) is 6.29. The van der Waals surface area contributed by atoms with Crippen LogP contribution in [0.3, 0.4) is 0 Å². The molecule has 6 heteroatoms. The minimum Gasteiger partial charge on any atom is -0.335 e. The molecule has 0 aliphatic carbocycles. The Balaban J connectivity index is 2.04. The zero-order chi connectivity index (χ0) is 9.26. The fourth-order valence-electron chi connectivity index (χ4n) is 1.15. The number of aromatic nitrogens is 2. The fraction of sp³-hybridized carbons (Fsp3) is 0.571. The van der Waals surface area contributed by atoms with Gasteiger partial charge in [-0.1, -0.05) is 4.49 Å². The summed E-state index contributed by atoms with van der Waals surface area (Å²) in [6, 6.07) is 0.314. The largest absolute Gasteiger partial charge is 0.335 e. The van der Waals surface area contributed by atoms with Crippen LogP contribution >= 0.6 is 11.5 Å². The molecular formula is C7H10N4OS. The Morgan fingerprint density at radius 1 is 1.77 bits per heavy atom. The molecule has 0 radical (unpaired) electrons. The van der Waals surface area contributed by atoms with Crippen LogP contribution in [0.2, 0.25) is 0 Å². The lowest BCUT2D eigenvalue weighted by molar-refractivity contribution is 0.0675. The van der Waals surface area contributed by atoms with Crippen LogP contribution in [0.5, 0.6) is 0 Å². The van der Waals surface area contributed by atoms with E-state index in [-0.39, 0.29) is 5.91 Å². The van der Waals surface area contributed by atoms with Gasteiger partial charge in [0.25, 0.3) is 5.91 Å². The molecule has 1 amide bonds. The number of amides is 1. The minimum atomic E-state index is -0.0414. The summed E-state index contributed by atoms with van der Waals surface area (Å²) >= 11 is 1.20. The molecule has 0 aromatic carbocycles. The highest BCUT2D eigenvalue weighted by molar-refractivity contribution is 7.03. The standard InChI is InChI=1S/C7H10N4OS/c1-11(5-2-8-3-5)7(12)6-4-13-10-9-6/h4-5,8H,2-3H2,1H3. The number of hydrogen-bond acceptors (Lipinski definition) is 5. The molecule has 1 aliphatic rings. The summed E-state index contributed by atoms with van der Waals surface area (Å²) in [5, 5.41) is 8.52. The molecule has 1 fully saturated rings. The van der Waals surface area contributed by atoms with Crippen LogP contribution in [-0.4, -0.2) is 46.6 Å². The van der Waals surface area contributed by atoms with E-state index in [0.29, 0.717) is 11.7 Å². The van der Waals surface area contributed by atoms with E-state index in [0.717, 1.165) is 13.1 Å². The van der Waals surface area contributed by atoms with Gasteiger partial charge in [0, 0.05) is 25.5 Å². The predicted octanol–water partition coefficient (Wildman–Crippen LogP) is -0.418. The number of hydrogen-bond donors (Lipinski definition) is 1. The summed E-state index contributed by atoms with van der Waals surface area (Å²) < 4.78 is 3.66. The van der Waals surface area contributed by atoms with Crippen molar-refractivity contribution in [1.29, 1.82) is 0 Å². The van der Waals surface area contributed by atoms with Crippen molar-refractivity contribution in [3.05, 3.63) is 11.1 Å². The van der Waals surface area contributed by atoms with Crippen LogP contribution in [0.25, 0.3) is 0 Å². The predicted molar refractivity (Wildman–Crippen MR) is 48.7 cm³/mol. The second-order valence-electron chi connectivity index (χ2n) is 3.02. The van der Waals surface area contributed by atoms with E-state index in [1.807, 2.05) is 0 Å². The number of nitrogens with zero attached hydrogens (tertiary/aromatic N) is 3. The van der Waals surface area contributed by atoms with E-state index in [1.165, 1.54) is 11.5 Å². The summed E-state index contributed by atoms with van der Waals surface area (Å²) in [6.45, 7) is 1.75. The number of nitrogens with one attached hydrogen (secondary N) is 1. The molecule has 0 unspecified atom stereocenters. The van der Waals surface area contributed by atoms with Crippen LogP contribution in [0, 0.1) is 0 Å². The summed E-state index contributed by atoms with van der Waals surface area (Å²) in [6.07, 6.45) is 0. The van der Waals surface area contributed by atoms with Gasteiger partial charge in [-0.05, 0) is 11.5 Å². The first-order valence-corrected chi connectivity index (χ1v) is 4.87. The molecule has 13 heavy (non-hydrogen) atoms. The Labute approximate surface area is 79.9 Å². The van der Waals surface area contributed by atoms with E-state index in [2.05, 4.69) is 14.9 Å². The molecule has 0 spiro atoms. The molecule has 1 N–H and O–H groups in total. The van der Waals surface area contributed by atoms with Crippen LogP contribution in [0.4, 0.5) is 0 Å². The fourth-order valence-corrected chi connectivity index (χ4v) is 1.58. The van der Waals surface area contributed by atoms with Crippen molar-refractivity contribution in [2.24, 2.45) is 0 Å². The molecule has 70 valence electrons. The lowest BCUT2D eigenvalue weighted by Crippen LogP contribution is -2.57. The maximum atomic E-state index is 11.6. The van der Waals surface area contributed by atoms with Gasteiger partial charge in [0.2, 0.25) is 0 Å². The molecule has 1 aliphatic heterocycles. The zero-order valence-electron chi connectivity index (χ0n) is 7.23. The van der Waals surface area contributed by atoms with E-state index >= 15 is 0 Å². The maximum Gasteiger partial charge on any atom is 0.275 e. The van der Waals surface area contributed by atoms with E-state index in [4.69, 9.17) is 0 Å². The van der Waals surface area contributed by atoms with Gasteiger partial charge in [0.1, 0.15) is 0 Å². The normalized spacial score (nSPS) is 16.7. The van der Waals surface area contributed by atoms with Crippen LogP contribution < -0.4 is 5.32 Å². The van der Waals surface area contributed by atoms with Crippen molar-refractivity contribution in [3.8, 4) is 0 Å². The van der Waals surface area contributed by atoms with Gasteiger partial charge in [-0.2, -0.15) is 0 Å². The second kappa shape index (κ2) is 3.39. The molecule has 1 saturated heterocycles. The highest BCUT2D eigenvalue weighted by Crippen LogP contribution is 2.07. The lowest BCUT2D eigenvalue weighted by atomic mass is 10.1. The molecule has 0 bridgehead atoms. The van der Waals surface area contributed by atoms with Gasteiger partial charge in [0.05, 0.1) is 6.04 Å². The van der Waals surface area contributed by atoms with Gasteiger partial charge >= 0.3 is 0 Å². The Hall–Kier alpha value is -1.01. The van der Waals surface area contributed by atoms with E-state index < -0.39 is 0 Å². The summed E-state index contributed by atoms with van der Waals surface area (Å²) in [5.74, 6) is -0.0414. The Morgan fingerprint density at radius 2 is 2.54 bits per heavy atom. The third-order valence-electron chi connectivity index (χ3n) is 2.21. The van der Waals surface area contributed by atoms with Gasteiger partial charge in [-0.25, -0.2) is 0 Å². The third-order valence-corrected chi connectivity index (χ3v) is 2.71. The Kier molecular flexibility index (Phi) is 2.24. The highest BCUT2D eigenvalue weighted by Gasteiger charge is 2.26. The van der Waals surface area contributed by atoms with Gasteiger partial charge < -0.3 is 10.2 Å². The van der Waals surface area contributed by atoms with E-state index in [9.17, 15) is 4.79 Å². The average Bonchev–Trinajstić information content (AvgIpc) is 2.51. The molecule has 5 nitrogen and oxygen atoms in total. The summed E-state index contributed by atoms with van der Waals surface area (Å²) in [7, 11) is 1.80. The molecule has 2 rings (SSSR count). The second-order valence-corrected chi connectivity index (χ2v) is 3.63. The van der Waals surface area contributed by atoms with Crippen molar-refractivity contribution in [2.45, 2.75) is 6.04 Å². The van der Waals surface area contributed by atoms with Crippen LogP contribution in [0.1, 0.15) is 10.5 Å². The summed E-state index contributed by atoms with van der Waals surface area (Å²) in [4.78, 5) is 13.4. The van der Waals surface area contributed by atoms with Crippen molar-refractivity contribution >= 4 is 17.4 Å². The smallest absolute Gasteiger partial charge is 0.275 e. The van der Waals surface area contributed by atoms with E-state index in [1.54, 1.807) is 17.3 Å². The van der Waals surface area contributed by atoms with Gasteiger partial charge in [-0.15, -0.1) is 5.10 Å². The summed E-state index contributed by atoms with van der Waals surface area (Å²) in [5.41, 5.74) is 0.444. The topological polar surface area (TPSA) is 58.1 Å². The molecule has 1 aromatic rings. The van der Waals surface area contributed by atoms with Crippen molar-refractivity contribution in [3.63, 3.8) is 0 Å². The van der Waals surface area contributed by atoms with Crippen molar-refractivity contribution in [2.75, 3.05) is 20.1 Å². The van der Waals surface area contributed by atoms with Crippen molar-refractivity contribution < 1.29 is 4.79 Å². The number of carbonyl (C=O) groups excluding carboxylic acids is 1. The van der Waals surface area contributed by atoms with Crippen LogP contribution in [-0.2, 0) is 0 Å². The quantitative estimate of drug-likeness (QED) is 0.701. The molecule has 1 aromatic heterocycles. The maximum absolute atomic E-state index is 11.6. The van der Waals surface area contributed by atoms with Crippen molar-refractivity contribution in [1.82, 2.24) is 19.8 Å². The Bertz CT molecular complexity index is 295. The average molecular weight is 198 g/mol. The number of rotatable bonds is 2. The highest BCUT2D eigenvalue weighted by atomic mass is 32.1. The Morgan fingerprint density at radius 3 is 3.00 bits per heavy atom. The van der Waals surface area contributed by atoms with Crippen LogP contribution in [0.15, 0.2) is 5.38 Å². The number of carbonyl (C=O) groups is 1. The SMILES string of the molecule is CN(C(=O)c1csnn1)C1CNC1. The monoisotopic (exact) mass is 198 g/mol. The first-order valence-electron chi connectivity index (χ1n) is 4.04. The molecular weight excluding hydrogens is 188 g/mol. The zero-order valence-corrected chi connectivity index (χ0v) is 8.04. The molecule has 0 saturated carbocycles. The van der Waals surface area contributed by atoms with Gasteiger partial charge in [0.15, 0.2) is 5.69 Å². The van der Waals surface area contributed by atoms with Gasteiger partial charge in [-0.3, -0.25) is 4.79 Å². The molecule has 2 heterocycles. The lowest BCUT2D eigenvalue weighted by Gasteiger charge is -2.35. The molecule has 0 atom stereocenters. The number of likely N-dealkylation sites (N-methyl/N-ethyl adjacent to an activating group) is 1. The third kappa shape index (κ3) is 1.54.